The number of nitrogens with zero attached hydrogens (tertiary/aromatic N) is 1. The summed E-state index contributed by atoms with van der Waals surface area (Å²) in [5, 5.41) is 5.34. The van der Waals surface area contributed by atoms with Crippen LogP contribution in [0.15, 0.2) is 47.1 Å². The summed E-state index contributed by atoms with van der Waals surface area (Å²) in [6.45, 7) is 0.0710. The fourth-order valence-corrected chi connectivity index (χ4v) is 2.72. The van der Waals surface area contributed by atoms with Crippen molar-refractivity contribution in [3.8, 4) is 5.75 Å². The molecule has 3 rings (SSSR count). The van der Waals surface area contributed by atoms with Gasteiger partial charge in [-0.15, -0.1) is 0 Å². The maximum atomic E-state index is 12.4. The van der Waals surface area contributed by atoms with Crippen molar-refractivity contribution in [1.82, 2.24) is 10.2 Å². The summed E-state index contributed by atoms with van der Waals surface area (Å²) >= 11 is 0. The van der Waals surface area contributed by atoms with Gasteiger partial charge in [0.2, 0.25) is 5.91 Å². The van der Waals surface area contributed by atoms with E-state index in [1.165, 1.54) is 13.4 Å². The predicted molar refractivity (Wildman–Crippen MR) is 92.4 cm³/mol. The van der Waals surface area contributed by atoms with Gasteiger partial charge in [0.25, 0.3) is 5.91 Å². The van der Waals surface area contributed by atoms with E-state index in [0.29, 0.717) is 17.2 Å². The molecule has 0 bridgehead atoms. The minimum absolute atomic E-state index is 0.0710. The third-order valence-corrected chi connectivity index (χ3v) is 4.04. The number of rotatable bonds is 7. The Labute approximate surface area is 150 Å². The van der Waals surface area contributed by atoms with Gasteiger partial charge in [0, 0.05) is 6.42 Å². The molecule has 1 aliphatic rings. The first-order chi connectivity index (χ1) is 12.6. The predicted octanol–water partition coefficient (Wildman–Crippen LogP) is 2.13. The summed E-state index contributed by atoms with van der Waals surface area (Å²) in [6, 6.07) is 9.22. The van der Waals surface area contributed by atoms with Crippen LogP contribution in [0.5, 0.6) is 5.75 Å². The molecule has 1 atom stereocenters. The van der Waals surface area contributed by atoms with Gasteiger partial charge in [0.15, 0.2) is 0 Å². The zero-order valence-corrected chi connectivity index (χ0v) is 14.2. The monoisotopic (exact) mass is 357 g/mol. The van der Waals surface area contributed by atoms with Crippen molar-refractivity contribution in [3.05, 3.63) is 48.4 Å². The van der Waals surface area contributed by atoms with Crippen molar-refractivity contribution in [2.75, 3.05) is 12.4 Å². The van der Waals surface area contributed by atoms with Crippen molar-refractivity contribution >= 4 is 23.5 Å². The summed E-state index contributed by atoms with van der Waals surface area (Å²) in [7, 11) is 1.52. The molecular formula is C18H19N3O5. The lowest BCUT2D eigenvalue weighted by molar-refractivity contribution is -0.128. The first-order valence-corrected chi connectivity index (χ1v) is 8.15. The highest BCUT2D eigenvalue weighted by atomic mass is 16.5. The van der Waals surface area contributed by atoms with E-state index in [4.69, 9.17) is 9.15 Å². The fourth-order valence-electron chi connectivity index (χ4n) is 2.72. The van der Waals surface area contributed by atoms with Gasteiger partial charge >= 0.3 is 6.03 Å². The zero-order chi connectivity index (χ0) is 18.5. The third kappa shape index (κ3) is 3.85. The molecule has 1 aromatic carbocycles. The number of hydrogen-bond acceptors (Lipinski definition) is 5. The molecule has 4 amide bonds. The topological polar surface area (TPSA) is 101 Å². The van der Waals surface area contributed by atoms with Crippen molar-refractivity contribution < 1.29 is 23.5 Å². The number of amides is 4. The molecule has 8 nitrogen and oxygen atoms in total. The summed E-state index contributed by atoms with van der Waals surface area (Å²) in [5.74, 6) is 0.441. The molecular weight excluding hydrogens is 338 g/mol. The lowest BCUT2D eigenvalue weighted by Gasteiger charge is -2.12. The third-order valence-electron chi connectivity index (χ3n) is 4.04. The van der Waals surface area contributed by atoms with E-state index in [1.807, 2.05) is 0 Å². The van der Waals surface area contributed by atoms with E-state index in [1.54, 1.807) is 36.4 Å². The Morgan fingerprint density at radius 2 is 2.08 bits per heavy atom. The van der Waals surface area contributed by atoms with E-state index in [2.05, 4.69) is 10.6 Å². The van der Waals surface area contributed by atoms with Crippen molar-refractivity contribution in [2.45, 2.75) is 25.4 Å². The Bertz CT molecular complexity index is 803. The molecule has 136 valence electrons. The summed E-state index contributed by atoms with van der Waals surface area (Å²) in [5.41, 5.74) is 0.557. The molecule has 0 radical (unpaired) electrons. The van der Waals surface area contributed by atoms with Crippen LogP contribution in [-0.2, 0) is 16.1 Å². The fraction of sp³-hybridized carbons (Fsp3) is 0.278. The number of ether oxygens (including phenoxy) is 1. The van der Waals surface area contributed by atoms with E-state index < -0.39 is 12.1 Å². The number of furan rings is 1. The summed E-state index contributed by atoms with van der Waals surface area (Å²) < 4.78 is 10.3. The molecule has 1 saturated heterocycles. The molecule has 26 heavy (non-hydrogen) atoms. The second kappa shape index (κ2) is 7.73. The quantitative estimate of drug-likeness (QED) is 0.739. The highest BCUT2D eigenvalue weighted by Gasteiger charge is 2.38. The standard InChI is InChI=1S/C18H19N3O5/c1-25-15-7-3-2-6-13(15)19-16(22)9-8-14-17(23)21(18(24)20-14)11-12-5-4-10-26-12/h2-7,10,14H,8-9,11H2,1H3,(H,19,22)(H,20,24)/t14-/m1/s1. The van der Waals surface area contributed by atoms with Crippen molar-refractivity contribution in [1.29, 1.82) is 0 Å². The van der Waals surface area contributed by atoms with Crippen LogP contribution < -0.4 is 15.4 Å². The van der Waals surface area contributed by atoms with Gasteiger partial charge < -0.3 is 19.8 Å². The van der Waals surface area contributed by atoms with Gasteiger partial charge in [-0.25, -0.2) is 4.79 Å². The van der Waals surface area contributed by atoms with Crippen molar-refractivity contribution in [3.63, 3.8) is 0 Å². The lowest BCUT2D eigenvalue weighted by atomic mass is 10.1. The molecule has 8 heteroatoms. The van der Waals surface area contributed by atoms with Gasteiger partial charge in [-0.05, 0) is 30.7 Å². The maximum absolute atomic E-state index is 12.4. The molecule has 2 heterocycles. The van der Waals surface area contributed by atoms with Gasteiger partial charge in [-0.3, -0.25) is 14.5 Å². The maximum Gasteiger partial charge on any atom is 0.325 e. The van der Waals surface area contributed by atoms with Crippen molar-refractivity contribution in [2.24, 2.45) is 0 Å². The normalized spacial score (nSPS) is 16.5. The van der Waals surface area contributed by atoms with Gasteiger partial charge in [-0.2, -0.15) is 0 Å². The smallest absolute Gasteiger partial charge is 0.325 e. The highest BCUT2D eigenvalue weighted by molar-refractivity contribution is 6.04. The minimum Gasteiger partial charge on any atom is -0.495 e. The number of hydrogen-bond donors (Lipinski definition) is 2. The number of anilines is 1. The molecule has 0 saturated carbocycles. The number of nitrogens with one attached hydrogen (secondary N) is 2. The second-order valence-corrected chi connectivity index (χ2v) is 5.79. The Morgan fingerprint density at radius 1 is 1.27 bits per heavy atom. The first-order valence-electron chi connectivity index (χ1n) is 8.15. The van der Waals surface area contributed by atoms with Crippen LogP contribution in [-0.4, -0.2) is 35.9 Å². The van der Waals surface area contributed by atoms with E-state index in [-0.39, 0.29) is 31.2 Å². The van der Waals surface area contributed by atoms with Crippen LogP contribution in [0.3, 0.4) is 0 Å². The number of benzene rings is 1. The van der Waals surface area contributed by atoms with Crippen LogP contribution in [0.2, 0.25) is 0 Å². The number of carbonyl (C=O) groups excluding carboxylic acids is 3. The van der Waals surface area contributed by atoms with Crippen LogP contribution in [0.1, 0.15) is 18.6 Å². The number of urea groups is 1. The van der Waals surface area contributed by atoms with Crippen LogP contribution >= 0.6 is 0 Å². The SMILES string of the molecule is COc1ccccc1NC(=O)CC[C@H]1NC(=O)N(Cc2ccco2)C1=O. The molecule has 0 spiro atoms. The Balaban J connectivity index is 1.53. The molecule has 2 N–H and O–H groups in total. The Morgan fingerprint density at radius 3 is 2.81 bits per heavy atom. The molecule has 1 fully saturated rings. The van der Waals surface area contributed by atoms with E-state index >= 15 is 0 Å². The van der Waals surface area contributed by atoms with Crippen LogP contribution in [0, 0.1) is 0 Å². The molecule has 0 unspecified atom stereocenters. The number of carbonyl (C=O) groups is 3. The van der Waals surface area contributed by atoms with Gasteiger partial charge in [0.05, 0.1) is 25.6 Å². The first kappa shape index (κ1) is 17.5. The Hall–Kier alpha value is -3.29. The summed E-state index contributed by atoms with van der Waals surface area (Å²) in [4.78, 5) is 37.6. The van der Waals surface area contributed by atoms with Crippen LogP contribution in [0.25, 0.3) is 0 Å². The number of methoxy groups -OCH3 is 1. The Kier molecular flexibility index (Phi) is 5.21. The zero-order valence-electron chi connectivity index (χ0n) is 14.2. The van der Waals surface area contributed by atoms with Crippen LogP contribution in [0.4, 0.5) is 10.5 Å². The molecule has 2 aromatic rings. The molecule has 0 aliphatic carbocycles. The number of para-hydroxylation sites is 2. The summed E-state index contributed by atoms with van der Waals surface area (Å²) in [6.07, 6.45) is 1.77. The highest BCUT2D eigenvalue weighted by Crippen LogP contribution is 2.23. The second-order valence-electron chi connectivity index (χ2n) is 5.79. The van der Waals surface area contributed by atoms with E-state index in [0.717, 1.165) is 4.90 Å². The largest absolute Gasteiger partial charge is 0.495 e. The van der Waals surface area contributed by atoms with Gasteiger partial charge in [0.1, 0.15) is 17.6 Å². The molecule has 1 aromatic heterocycles. The minimum atomic E-state index is -0.721. The average Bonchev–Trinajstić information content (AvgIpc) is 3.24. The number of imide groups is 1. The molecule has 1 aliphatic heterocycles. The van der Waals surface area contributed by atoms with Gasteiger partial charge in [-0.1, -0.05) is 12.1 Å². The van der Waals surface area contributed by atoms with E-state index in [9.17, 15) is 14.4 Å². The average molecular weight is 357 g/mol. The lowest BCUT2D eigenvalue weighted by Crippen LogP contribution is -2.31.